The van der Waals surface area contributed by atoms with Crippen LogP contribution in [0.3, 0.4) is 0 Å². The summed E-state index contributed by atoms with van der Waals surface area (Å²) in [5.41, 5.74) is 7.63. The van der Waals surface area contributed by atoms with E-state index < -0.39 is 0 Å². The van der Waals surface area contributed by atoms with E-state index in [9.17, 15) is 0 Å². The summed E-state index contributed by atoms with van der Waals surface area (Å²) in [5.74, 6) is 0.551. The number of hydrogen-bond donors (Lipinski definition) is 0. The molecule has 3 rings (SSSR count). The summed E-state index contributed by atoms with van der Waals surface area (Å²) in [5, 5.41) is 0. The number of rotatable bonds is 20. The van der Waals surface area contributed by atoms with E-state index in [1.54, 1.807) is 0 Å². The molecule has 1 aromatic heterocycles. The van der Waals surface area contributed by atoms with Crippen molar-refractivity contribution in [1.29, 1.82) is 0 Å². The molecule has 0 saturated heterocycles. The minimum atomic E-state index is 0.551. The van der Waals surface area contributed by atoms with E-state index in [1.807, 2.05) is 0 Å². The lowest BCUT2D eigenvalue weighted by Gasteiger charge is -2.24. The molecule has 0 aliphatic heterocycles. The van der Waals surface area contributed by atoms with Crippen LogP contribution in [0.25, 0.3) is 24.3 Å². The van der Waals surface area contributed by atoms with Gasteiger partial charge in [0.25, 0.3) is 0 Å². The standard InChI is InChI=1S/C41H60N3/c1-7-11-30-42(31-12-8-2)38-24-18-36(19-25-38)22-28-40-16-15-17-41(44(40)34-35(5)6)29-23-37-20-26-39(27-21-37)43(32-13-9-3)33-14-10-4/h15-29,35H,7-14,30-34H2,1-6H3/q+1. The van der Waals surface area contributed by atoms with Crippen LogP contribution in [0.2, 0.25) is 0 Å². The van der Waals surface area contributed by atoms with Crippen molar-refractivity contribution < 1.29 is 4.57 Å². The highest BCUT2D eigenvalue weighted by Crippen LogP contribution is 2.20. The maximum absolute atomic E-state index is 2.55. The highest BCUT2D eigenvalue weighted by molar-refractivity contribution is 5.70. The molecule has 0 unspecified atom stereocenters. The summed E-state index contributed by atoms with van der Waals surface area (Å²) in [6.45, 7) is 19.2. The zero-order chi connectivity index (χ0) is 31.6. The minimum Gasteiger partial charge on any atom is -0.372 e. The third-order valence-corrected chi connectivity index (χ3v) is 8.24. The van der Waals surface area contributed by atoms with Crippen LogP contribution in [0, 0.1) is 5.92 Å². The second-order valence-electron chi connectivity index (χ2n) is 12.6. The van der Waals surface area contributed by atoms with Crippen LogP contribution in [-0.4, -0.2) is 26.2 Å². The van der Waals surface area contributed by atoms with E-state index in [0.717, 1.165) is 32.7 Å². The number of pyridine rings is 1. The zero-order valence-electron chi connectivity index (χ0n) is 28.8. The maximum atomic E-state index is 2.55. The summed E-state index contributed by atoms with van der Waals surface area (Å²) in [6.07, 6.45) is 19.0. The Morgan fingerprint density at radius 3 is 1.20 bits per heavy atom. The molecule has 0 atom stereocenters. The van der Waals surface area contributed by atoms with Crippen LogP contribution >= 0.6 is 0 Å². The third-order valence-electron chi connectivity index (χ3n) is 8.24. The molecule has 0 fully saturated rings. The van der Waals surface area contributed by atoms with Gasteiger partial charge >= 0.3 is 0 Å². The van der Waals surface area contributed by atoms with Crippen molar-refractivity contribution in [3.05, 3.63) is 89.2 Å². The van der Waals surface area contributed by atoms with Crippen LogP contribution < -0.4 is 14.4 Å². The Hall–Kier alpha value is -3.33. The summed E-state index contributed by atoms with van der Waals surface area (Å²) in [7, 11) is 0. The molecular formula is C41H60N3+. The highest BCUT2D eigenvalue weighted by Gasteiger charge is 2.15. The summed E-state index contributed by atoms with van der Waals surface area (Å²) < 4.78 is 2.45. The predicted octanol–water partition coefficient (Wildman–Crippen LogP) is 10.8. The van der Waals surface area contributed by atoms with Crippen LogP contribution in [-0.2, 0) is 6.54 Å². The van der Waals surface area contributed by atoms with Crippen molar-refractivity contribution in [3.8, 4) is 0 Å². The van der Waals surface area contributed by atoms with Gasteiger partial charge in [-0.2, -0.15) is 4.57 Å². The van der Waals surface area contributed by atoms with Gasteiger partial charge in [0.15, 0.2) is 6.54 Å². The van der Waals surface area contributed by atoms with Crippen molar-refractivity contribution >= 4 is 35.7 Å². The normalized spacial score (nSPS) is 11.7. The molecule has 44 heavy (non-hydrogen) atoms. The smallest absolute Gasteiger partial charge is 0.205 e. The van der Waals surface area contributed by atoms with Gasteiger partial charge in [0.05, 0.1) is 0 Å². The Labute approximate surface area is 270 Å². The minimum absolute atomic E-state index is 0.551. The van der Waals surface area contributed by atoms with E-state index in [1.165, 1.54) is 85.3 Å². The summed E-state index contributed by atoms with van der Waals surface area (Å²) in [6, 6.07) is 24.9. The molecule has 0 aliphatic rings. The molecule has 2 aromatic carbocycles. The lowest BCUT2D eigenvalue weighted by molar-refractivity contribution is -0.705. The average Bonchev–Trinajstić information content (AvgIpc) is 3.04. The van der Waals surface area contributed by atoms with E-state index in [4.69, 9.17) is 0 Å². The fourth-order valence-corrected chi connectivity index (χ4v) is 5.53. The van der Waals surface area contributed by atoms with Crippen molar-refractivity contribution in [2.45, 2.75) is 99.5 Å². The van der Waals surface area contributed by atoms with Gasteiger partial charge in [0.1, 0.15) is 0 Å². The lowest BCUT2D eigenvalue weighted by Crippen LogP contribution is -2.42. The molecule has 3 nitrogen and oxygen atoms in total. The van der Waals surface area contributed by atoms with Crippen molar-refractivity contribution in [3.63, 3.8) is 0 Å². The Balaban J connectivity index is 1.78. The Kier molecular flexibility index (Phi) is 15.9. The van der Waals surface area contributed by atoms with Gasteiger partial charge in [-0.25, -0.2) is 0 Å². The first-order valence-electron chi connectivity index (χ1n) is 17.6. The Bertz CT molecular complexity index is 1150. The van der Waals surface area contributed by atoms with Gasteiger partial charge in [-0.05, 0) is 79.3 Å². The molecule has 238 valence electrons. The van der Waals surface area contributed by atoms with Crippen molar-refractivity contribution in [1.82, 2.24) is 0 Å². The van der Waals surface area contributed by atoms with E-state index >= 15 is 0 Å². The summed E-state index contributed by atoms with van der Waals surface area (Å²) >= 11 is 0. The fourth-order valence-electron chi connectivity index (χ4n) is 5.53. The summed E-state index contributed by atoms with van der Waals surface area (Å²) in [4.78, 5) is 5.10. The Morgan fingerprint density at radius 2 is 0.886 bits per heavy atom. The van der Waals surface area contributed by atoms with Crippen LogP contribution in [0.15, 0.2) is 66.7 Å². The monoisotopic (exact) mass is 594 g/mol. The van der Waals surface area contributed by atoms with Gasteiger partial charge in [0.2, 0.25) is 11.4 Å². The highest BCUT2D eigenvalue weighted by atomic mass is 15.1. The molecule has 3 heteroatoms. The molecule has 0 saturated carbocycles. The lowest BCUT2D eigenvalue weighted by atomic mass is 10.1. The van der Waals surface area contributed by atoms with Gasteiger partial charge < -0.3 is 9.80 Å². The average molecular weight is 595 g/mol. The molecule has 0 amide bonds. The molecule has 3 aromatic rings. The number of aromatic nitrogens is 1. The number of hydrogen-bond acceptors (Lipinski definition) is 2. The first-order valence-corrected chi connectivity index (χ1v) is 17.6. The van der Waals surface area contributed by atoms with E-state index in [2.05, 4.69) is 147 Å². The second kappa shape index (κ2) is 19.8. The van der Waals surface area contributed by atoms with Gasteiger partial charge in [0, 0.05) is 67.8 Å². The van der Waals surface area contributed by atoms with E-state index in [0.29, 0.717) is 5.92 Å². The van der Waals surface area contributed by atoms with Gasteiger partial charge in [-0.15, -0.1) is 0 Å². The molecule has 0 N–H and O–H groups in total. The first kappa shape index (κ1) is 35.2. The fraction of sp³-hybridized carbons (Fsp3) is 0.488. The number of benzene rings is 2. The second-order valence-corrected chi connectivity index (χ2v) is 12.6. The van der Waals surface area contributed by atoms with Crippen LogP contribution in [0.4, 0.5) is 11.4 Å². The molecule has 0 aliphatic carbocycles. The van der Waals surface area contributed by atoms with E-state index in [-0.39, 0.29) is 0 Å². The molecule has 0 radical (unpaired) electrons. The molecule has 1 heterocycles. The maximum Gasteiger partial charge on any atom is 0.205 e. The third kappa shape index (κ3) is 11.6. The zero-order valence-corrected chi connectivity index (χ0v) is 28.8. The number of anilines is 2. The van der Waals surface area contributed by atoms with Gasteiger partial charge in [-0.3, -0.25) is 0 Å². The van der Waals surface area contributed by atoms with Crippen molar-refractivity contribution in [2.24, 2.45) is 5.92 Å². The van der Waals surface area contributed by atoms with Crippen LogP contribution in [0.1, 0.15) is 115 Å². The molecule has 0 bridgehead atoms. The predicted molar refractivity (Wildman–Crippen MR) is 196 cm³/mol. The first-order chi connectivity index (χ1) is 21.5. The quantitative estimate of drug-likeness (QED) is 0.120. The topological polar surface area (TPSA) is 10.4 Å². The number of unbranched alkanes of at least 4 members (excludes halogenated alkanes) is 4. The Morgan fingerprint density at radius 1 is 0.523 bits per heavy atom. The largest absolute Gasteiger partial charge is 0.372 e. The van der Waals surface area contributed by atoms with Crippen LogP contribution in [0.5, 0.6) is 0 Å². The number of nitrogens with zero attached hydrogens (tertiary/aromatic N) is 3. The molecule has 0 spiro atoms. The van der Waals surface area contributed by atoms with Gasteiger partial charge in [-0.1, -0.05) is 91.5 Å². The van der Waals surface area contributed by atoms with Crippen molar-refractivity contribution in [2.75, 3.05) is 36.0 Å². The SMILES string of the molecule is CCCCN(CCCC)c1ccc(/C=C/c2cccc(/C=C/c3ccc(N(CCCC)CCCC)cc3)[n+]2CC(C)C)cc1. The molecular weight excluding hydrogens is 534 g/mol.